The Kier molecular flexibility index (Phi) is 3.54. The van der Waals surface area contributed by atoms with Crippen LogP contribution in [0.25, 0.3) is 0 Å². The summed E-state index contributed by atoms with van der Waals surface area (Å²) in [6.45, 7) is 4.46. The first-order chi connectivity index (χ1) is 9.54. The van der Waals surface area contributed by atoms with E-state index in [1.807, 2.05) is 41.6 Å². The SMILES string of the molecule is Cc1ccc2c(c1)CC(Cn1cnc(C)c(I)c1=O)O2. The molecule has 0 radical (unpaired) electrons. The zero-order valence-electron chi connectivity index (χ0n) is 11.4. The quantitative estimate of drug-likeness (QED) is 0.750. The van der Waals surface area contributed by atoms with Gasteiger partial charge in [0.1, 0.15) is 11.9 Å². The van der Waals surface area contributed by atoms with Gasteiger partial charge in [-0.1, -0.05) is 17.7 Å². The molecule has 2 heterocycles. The van der Waals surface area contributed by atoms with Crippen LogP contribution in [0.3, 0.4) is 0 Å². The van der Waals surface area contributed by atoms with E-state index < -0.39 is 0 Å². The minimum absolute atomic E-state index is 0.00445. The van der Waals surface area contributed by atoms with E-state index in [9.17, 15) is 4.79 Å². The number of halogens is 1. The van der Waals surface area contributed by atoms with E-state index in [-0.39, 0.29) is 11.7 Å². The van der Waals surface area contributed by atoms with E-state index in [0.29, 0.717) is 10.1 Å². The lowest BCUT2D eigenvalue weighted by atomic mass is 10.1. The van der Waals surface area contributed by atoms with Gasteiger partial charge in [-0.3, -0.25) is 9.36 Å². The van der Waals surface area contributed by atoms with E-state index in [2.05, 4.69) is 18.0 Å². The van der Waals surface area contributed by atoms with Gasteiger partial charge in [-0.2, -0.15) is 0 Å². The Bertz CT molecular complexity index is 724. The fraction of sp³-hybridized carbons (Fsp3) is 0.333. The molecule has 0 saturated carbocycles. The zero-order valence-corrected chi connectivity index (χ0v) is 13.5. The molecular weight excluding hydrogens is 367 g/mol. The maximum absolute atomic E-state index is 12.2. The van der Waals surface area contributed by atoms with Crippen molar-refractivity contribution in [3.8, 4) is 5.75 Å². The lowest BCUT2D eigenvalue weighted by Gasteiger charge is -2.13. The number of aromatic nitrogens is 2. The molecule has 20 heavy (non-hydrogen) atoms. The van der Waals surface area contributed by atoms with Crippen LogP contribution in [0.15, 0.2) is 29.3 Å². The highest BCUT2D eigenvalue weighted by Gasteiger charge is 2.23. The molecule has 1 aromatic carbocycles. The first-order valence-electron chi connectivity index (χ1n) is 6.52. The molecule has 0 fully saturated rings. The molecule has 4 nitrogen and oxygen atoms in total. The Morgan fingerprint density at radius 1 is 1.45 bits per heavy atom. The Labute approximate surface area is 130 Å². The summed E-state index contributed by atoms with van der Waals surface area (Å²) < 4.78 is 8.22. The van der Waals surface area contributed by atoms with Gasteiger partial charge in [0, 0.05) is 6.42 Å². The van der Waals surface area contributed by atoms with Crippen molar-refractivity contribution in [3.63, 3.8) is 0 Å². The largest absolute Gasteiger partial charge is 0.488 e. The van der Waals surface area contributed by atoms with Crippen LogP contribution in [0.4, 0.5) is 0 Å². The first kappa shape index (κ1) is 13.6. The number of aryl methyl sites for hydroxylation is 2. The summed E-state index contributed by atoms with van der Waals surface area (Å²) in [5.74, 6) is 0.934. The summed E-state index contributed by atoms with van der Waals surface area (Å²) >= 11 is 2.05. The summed E-state index contributed by atoms with van der Waals surface area (Å²) in [5, 5.41) is 0. The average molecular weight is 382 g/mol. The van der Waals surface area contributed by atoms with Crippen LogP contribution in [-0.4, -0.2) is 15.7 Å². The zero-order chi connectivity index (χ0) is 14.3. The van der Waals surface area contributed by atoms with E-state index in [4.69, 9.17) is 4.74 Å². The normalized spacial score (nSPS) is 16.9. The lowest BCUT2D eigenvalue weighted by Crippen LogP contribution is -2.31. The second kappa shape index (κ2) is 5.20. The molecule has 0 saturated heterocycles. The van der Waals surface area contributed by atoms with Crippen LogP contribution in [-0.2, 0) is 13.0 Å². The van der Waals surface area contributed by atoms with Crippen LogP contribution >= 0.6 is 22.6 Å². The van der Waals surface area contributed by atoms with Gasteiger partial charge in [-0.15, -0.1) is 0 Å². The molecule has 0 amide bonds. The molecule has 1 atom stereocenters. The number of benzene rings is 1. The van der Waals surface area contributed by atoms with Crippen LogP contribution < -0.4 is 10.3 Å². The third-order valence-electron chi connectivity index (χ3n) is 3.51. The van der Waals surface area contributed by atoms with Crippen molar-refractivity contribution in [2.24, 2.45) is 0 Å². The summed E-state index contributed by atoms with van der Waals surface area (Å²) in [6, 6.07) is 6.20. The van der Waals surface area contributed by atoms with Gasteiger partial charge in [0.2, 0.25) is 0 Å². The highest BCUT2D eigenvalue weighted by Crippen LogP contribution is 2.29. The fourth-order valence-electron chi connectivity index (χ4n) is 2.45. The number of rotatable bonds is 2. The number of hydrogen-bond acceptors (Lipinski definition) is 3. The number of fused-ring (bicyclic) bond motifs is 1. The van der Waals surface area contributed by atoms with Crippen molar-refractivity contribution >= 4 is 22.6 Å². The molecule has 104 valence electrons. The topological polar surface area (TPSA) is 44.1 Å². The summed E-state index contributed by atoms with van der Waals surface area (Å²) in [6.07, 6.45) is 2.45. The van der Waals surface area contributed by atoms with Gasteiger partial charge in [0.15, 0.2) is 0 Å². The molecule has 0 aliphatic carbocycles. The van der Waals surface area contributed by atoms with Crippen molar-refractivity contribution in [2.45, 2.75) is 32.9 Å². The Morgan fingerprint density at radius 3 is 3.05 bits per heavy atom. The van der Waals surface area contributed by atoms with Gasteiger partial charge in [0.05, 0.1) is 22.1 Å². The molecule has 1 aliphatic rings. The van der Waals surface area contributed by atoms with Crippen molar-refractivity contribution in [2.75, 3.05) is 0 Å². The highest BCUT2D eigenvalue weighted by atomic mass is 127. The Hall–Kier alpha value is -1.37. The minimum atomic E-state index is 0.00445. The van der Waals surface area contributed by atoms with Crippen LogP contribution in [0.5, 0.6) is 5.75 Å². The van der Waals surface area contributed by atoms with Crippen LogP contribution in [0.1, 0.15) is 16.8 Å². The van der Waals surface area contributed by atoms with Crippen molar-refractivity contribution in [1.82, 2.24) is 9.55 Å². The number of ether oxygens (including phenoxy) is 1. The van der Waals surface area contributed by atoms with Crippen LogP contribution in [0, 0.1) is 17.4 Å². The van der Waals surface area contributed by atoms with Crippen molar-refractivity contribution in [1.29, 1.82) is 0 Å². The van der Waals surface area contributed by atoms with Gasteiger partial charge in [-0.25, -0.2) is 4.98 Å². The Balaban J connectivity index is 1.82. The minimum Gasteiger partial charge on any atom is -0.488 e. The molecule has 1 unspecified atom stereocenters. The van der Waals surface area contributed by atoms with Gasteiger partial charge in [0.25, 0.3) is 5.56 Å². The van der Waals surface area contributed by atoms with E-state index in [1.165, 1.54) is 11.1 Å². The molecule has 5 heteroatoms. The molecule has 3 rings (SSSR count). The third kappa shape index (κ3) is 2.46. The maximum atomic E-state index is 12.2. The predicted molar refractivity (Wildman–Crippen MR) is 85.3 cm³/mol. The second-order valence-electron chi connectivity index (χ2n) is 5.16. The fourth-order valence-corrected chi connectivity index (χ4v) is 2.90. The smallest absolute Gasteiger partial charge is 0.267 e. The molecule has 1 aliphatic heterocycles. The molecule has 0 N–H and O–H groups in total. The summed E-state index contributed by atoms with van der Waals surface area (Å²) in [5.41, 5.74) is 3.24. The summed E-state index contributed by atoms with van der Waals surface area (Å²) in [7, 11) is 0. The molecule has 0 spiro atoms. The van der Waals surface area contributed by atoms with Gasteiger partial charge in [-0.05, 0) is 48.1 Å². The molecule has 1 aromatic heterocycles. The summed E-state index contributed by atoms with van der Waals surface area (Å²) in [4.78, 5) is 16.4. The third-order valence-corrected chi connectivity index (χ3v) is 4.76. The van der Waals surface area contributed by atoms with E-state index in [1.54, 1.807) is 10.9 Å². The maximum Gasteiger partial charge on any atom is 0.267 e. The number of nitrogens with zero attached hydrogens (tertiary/aromatic N) is 2. The Morgan fingerprint density at radius 2 is 2.25 bits per heavy atom. The van der Waals surface area contributed by atoms with Crippen molar-refractivity contribution < 1.29 is 4.74 Å². The first-order valence-corrected chi connectivity index (χ1v) is 7.60. The second-order valence-corrected chi connectivity index (χ2v) is 6.24. The molecule has 0 bridgehead atoms. The van der Waals surface area contributed by atoms with Crippen molar-refractivity contribution in [3.05, 3.63) is 55.3 Å². The van der Waals surface area contributed by atoms with Gasteiger partial charge < -0.3 is 4.74 Å². The highest BCUT2D eigenvalue weighted by molar-refractivity contribution is 14.1. The standard InChI is InChI=1S/C15H15IN2O2/c1-9-3-4-13-11(5-9)6-12(20-13)7-18-8-17-10(2)14(16)15(18)19/h3-5,8,12H,6-7H2,1-2H3. The molecule has 2 aromatic rings. The predicted octanol–water partition coefficient (Wildman–Crippen LogP) is 2.47. The monoisotopic (exact) mass is 382 g/mol. The molecular formula is C15H15IN2O2. The number of hydrogen-bond donors (Lipinski definition) is 0. The lowest BCUT2D eigenvalue weighted by molar-refractivity contribution is 0.206. The van der Waals surface area contributed by atoms with Gasteiger partial charge >= 0.3 is 0 Å². The average Bonchev–Trinajstić information content (AvgIpc) is 2.81. The van der Waals surface area contributed by atoms with Crippen LogP contribution in [0.2, 0.25) is 0 Å². The van der Waals surface area contributed by atoms with E-state index >= 15 is 0 Å². The van der Waals surface area contributed by atoms with E-state index in [0.717, 1.165) is 17.9 Å².